The van der Waals surface area contributed by atoms with Crippen molar-refractivity contribution in [3.05, 3.63) is 95.1 Å². The van der Waals surface area contributed by atoms with E-state index in [2.05, 4.69) is 86.3 Å². The standard InChI is InChI=1S/C26H26Si2/c1-27(2)25-19-24(18-16-22-13-9-6-10-14-22)26(28(3)4)20-23(25)17-15-21-11-7-5-8-12-21/h5-14,19-20,27-28H,1-4H3. The van der Waals surface area contributed by atoms with Crippen molar-refractivity contribution in [3.63, 3.8) is 0 Å². The summed E-state index contributed by atoms with van der Waals surface area (Å²) in [5, 5.41) is 2.83. The molecule has 0 unspecified atom stereocenters. The average molecular weight is 395 g/mol. The molecule has 0 aliphatic heterocycles. The van der Waals surface area contributed by atoms with Crippen molar-refractivity contribution in [2.45, 2.75) is 26.2 Å². The molecule has 0 aliphatic rings. The minimum Gasteiger partial charge on any atom is -0.0682 e. The molecule has 0 bridgehead atoms. The lowest BCUT2D eigenvalue weighted by Gasteiger charge is -2.15. The van der Waals surface area contributed by atoms with E-state index < -0.39 is 17.6 Å². The molecule has 0 radical (unpaired) electrons. The molecule has 3 rings (SSSR count). The summed E-state index contributed by atoms with van der Waals surface area (Å²) in [7, 11) is -2.05. The Balaban J connectivity index is 2.09. The van der Waals surface area contributed by atoms with Crippen LogP contribution in [0.3, 0.4) is 0 Å². The molecule has 0 nitrogen and oxygen atoms in total. The van der Waals surface area contributed by atoms with E-state index in [1.807, 2.05) is 36.4 Å². The fourth-order valence-corrected chi connectivity index (χ4v) is 5.68. The van der Waals surface area contributed by atoms with Gasteiger partial charge in [-0.1, -0.05) is 86.3 Å². The van der Waals surface area contributed by atoms with E-state index in [0.717, 1.165) is 11.1 Å². The summed E-state index contributed by atoms with van der Waals surface area (Å²) in [4.78, 5) is 0. The molecule has 0 N–H and O–H groups in total. The molecule has 0 amide bonds. The Labute approximate surface area is 172 Å². The van der Waals surface area contributed by atoms with Gasteiger partial charge in [-0.25, -0.2) is 0 Å². The first-order valence-corrected chi connectivity index (χ1v) is 15.6. The predicted octanol–water partition coefficient (Wildman–Crippen LogP) is 3.87. The number of hydrogen-bond acceptors (Lipinski definition) is 0. The van der Waals surface area contributed by atoms with Gasteiger partial charge < -0.3 is 0 Å². The first-order valence-electron chi connectivity index (χ1n) is 9.86. The Bertz CT molecular complexity index is 968. The van der Waals surface area contributed by atoms with Gasteiger partial charge in [0, 0.05) is 22.3 Å². The molecule has 0 heterocycles. The van der Waals surface area contributed by atoms with E-state index in [1.54, 1.807) is 0 Å². The first-order chi connectivity index (χ1) is 13.5. The highest BCUT2D eigenvalue weighted by Gasteiger charge is 2.13. The Kier molecular flexibility index (Phi) is 6.72. The average Bonchev–Trinajstić information content (AvgIpc) is 2.71. The van der Waals surface area contributed by atoms with E-state index >= 15 is 0 Å². The van der Waals surface area contributed by atoms with Crippen molar-refractivity contribution in [1.82, 2.24) is 0 Å². The first kappa shape index (κ1) is 20.0. The van der Waals surface area contributed by atoms with Crippen LogP contribution in [0.4, 0.5) is 0 Å². The molecule has 0 saturated heterocycles. The second-order valence-electron chi connectivity index (χ2n) is 7.57. The monoisotopic (exact) mass is 394 g/mol. The summed E-state index contributed by atoms with van der Waals surface area (Å²) >= 11 is 0. The molecule has 0 aliphatic carbocycles. The van der Waals surface area contributed by atoms with Crippen molar-refractivity contribution in [1.29, 1.82) is 0 Å². The van der Waals surface area contributed by atoms with E-state index in [1.165, 1.54) is 21.5 Å². The molecule has 2 heteroatoms. The van der Waals surface area contributed by atoms with Crippen LogP contribution in [0.2, 0.25) is 26.2 Å². The molecule has 0 saturated carbocycles. The van der Waals surface area contributed by atoms with E-state index in [9.17, 15) is 0 Å². The molecule has 0 spiro atoms. The van der Waals surface area contributed by atoms with Crippen LogP contribution in [0.5, 0.6) is 0 Å². The molecular formula is C26H26Si2. The zero-order valence-corrected chi connectivity index (χ0v) is 19.4. The number of rotatable bonds is 2. The predicted molar refractivity (Wildman–Crippen MR) is 128 cm³/mol. The van der Waals surface area contributed by atoms with Crippen LogP contribution in [0.15, 0.2) is 72.8 Å². The maximum absolute atomic E-state index is 3.47. The van der Waals surface area contributed by atoms with Gasteiger partial charge >= 0.3 is 0 Å². The molecule has 3 aromatic carbocycles. The molecule has 0 aromatic heterocycles. The highest BCUT2D eigenvalue weighted by molar-refractivity contribution is 6.73. The van der Waals surface area contributed by atoms with Crippen molar-refractivity contribution in [3.8, 4) is 23.7 Å². The Morgan fingerprint density at radius 1 is 0.500 bits per heavy atom. The van der Waals surface area contributed by atoms with E-state index in [4.69, 9.17) is 0 Å². The zero-order chi connectivity index (χ0) is 19.9. The largest absolute Gasteiger partial charge is 0.0682 e. The van der Waals surface area contributed by atoms with Gasteiger partial charge in [0.1, 0.15) is 0 Å². The fraction of sp³-hybridized carbons (Fsp3) is 0.154. The van der Waals surface area contributed by atoms with Crippen LogP contribution in [-0.4, -0.2) is 17.6 Å². The van der Waals surface area contributed by atoms with Crippen molar-refractivity contribution < 1.29 is 0 Å². The van der Waals surface area contributed by atoms with Gasteiger partial charge in [-0.3, -0.25) is 0 Å². The minimum atomic E-state index is -1.03. The Morgan fingerprint density at radius 3 is 1.18 bits per heavy atom. The number of benzene rings is 3. The Hall–Kier alpha value is -2.79. The maximum Gasteiger partial charge on any atom is 0.0664 e. The summed E-state index contributed by atoms with van der Waals surface area (Å²) < 4.78 is 0. The normalized spacial score (nSPS) is 10.2. The quantitative estimate of drug-likeness (QED) is 0.457. The van der Waals surface area contributed by atoms with Crippen LogP contribution >= 0.6 is 0 Å². The minimum absolute atomic E-state index is 1.03. The fourth-order valence-electron chi connectivity index (χ4n) is 3.13. The van der Waals surface area contributed by atoms with Crippen LogP contribution in [0.1, 0.15) is 22.3 Å². The van der Waals surface area contributed by atoms with Crippen molar-refractivity contribution in [2.24, 2.45) is 0 Å². The lowest BCUT2D eigenvalue weighted by Crippen LogP contribution is -2.34. The highest BCUT2D eigenvalue weighted by atomic mass is 28.3. The molecule has 0 atom stereocenters. The van der Waals surface area contributed by atoms with Gasteiger partial charge in [0.2, 0.25) is 0 Å². The van der Waals surface area contributed by atoms with Gasteiger partial charge in [0.25, 0.3) is 0 Å². The SMILES string of the molecule is C[SiH](C)c1cc(C#Cc2ccccc2)c([SiH](C)C)cc1C#Cc1ccccc1. The number of hydrogen-bond donors (Lipinski definition) is 0. The smallest absolute Gasteiger partial charge is 0.0664 e. The lowest BCUT2D eigenvalue weighted by atomic mass is 10.1. The van der Waals surface area contributed by atoms with Gasteiger partial charge in [0.15, 0.2) is 0 Å². The van der Waals surface area contributed by atoms with Crippen LogP contribution in [0.25, 0.3) is 0 Å². The van der Waals surface area contributed by atoms with Crippen molar-refractivity contribution in [2.75, 3.05) is 0 Å². The summed E-state index contributed by atoms with van der Waals surface area (Å²) in [6, 6.07) is 25.2. The molecule has 0 fully saturated rings. The third kappa shape index (κ3) is 5.14. The summed E-state index contributed by atoms with van der Waals surface area (Å²) in [5.41, 5.74) is 4.53. The molecule has 138 valence electrons. The van der Waals surface area contributed by atoms with Crippen molar-refractivity contribution >= 4 is 28.0 Å². The highest BCUT2D eigenvalue weighted by Crippen LogP contribution is 2.05. The van der Waals surface area contributed by atoms with Crippen LogP contribution in [0, 0.1) is 23.7 Å². The van der Waals surface area contributed by atoms with Gasteiger partial charge in [-0.05, 0) is 46.8 Å². The molecule has 3 aromatic rings. The Morgan fingerprint density at radius 2 is 0.857 bits per heavy atom. The molecular weight excluding hydrogens is 368 g/mol. The van der Waals surface area contributed by atoms with E-state index in [0.29, 0.717) is 0 Å². The second kappa shape index (κ2) is 9.42. The topological polar surface area (TPSA) is 0 Å². The molecule has 28 heavy (non-hydrogen) atoms. The van der Waals surface area contributed by atoms with Crippen LogP contribution < -0.4 is 10.4 Å². The third-order valence-electron chi connectivity index (χ3n) is 4.70. The van der Waals surface area contributed by atoms with Gasteiger partial charge in [0.05, 0.1) is 17.6 Å². The van der Waals surface area contributed by atoms with E-state index in [-0.39, 0.29) is 0 Å². The summed E-state index contributed by atoms with van der Waals surface area (Å²) in [6.07, 6.45) is 0. The van der Waals surface area contributed by atoms with Crippen LogP contribution in [-0.2, 0) is 0 Å². The zero-order valence-electron chi connectivity index (χ0n) is 17.1. The third-order valence-corrected chi connectivity index (χ3v) is 8.14. The van der Waals surface area contributed by atoms with Gasteiger partial charge in [-0.15, -0.1) is 0 Å². The summed E-state index contributed by atoms with van der Waals surface area (Å²) in [6.45, 7) is 9.46. The van der Waals surface area contributed by atoms with Gasteiger partial charge in [-0.2, -0.15) is 0 Å². The lowest BCUT2D eigenvalue weighted by molar-refractivity contribution is 1.62. The summed E-state index contributed by atoms with van der Waals surface area (Å²) in [5.74, 6) is 13.6. The second-order valence-corrected chi connectivity index (χ2v) is 13.4. The maximum atomic E-state index is 3.47.